The number of likely N-dealkylation sites (tertiary alicyclic amines) is 1. The highest BCUT2D eigenvalue weighted by Gasteiger charge is 2.55. The van der Waals surface area contributed by atoms with E-state index in [2.05, 4.69) is 5.32 Å². The lowest BCUT2D eigenvalue weighted by Gasteiger charge is -2.23. The lowest BCUT2D eigenvalue weighted by atomic mass is 9.81. The van der Waals surface area contributed by atoms with E-state index in [0.29, 0.717) is 32.7 Å². The van der Waals surface area contributed by atoms with Crippen LogP contribution in [0.2, 0.25) is 0 Å². The summed E-state index contributed by atoms with van der Waals surface area (Å²) in [7, 11) is 1.66. The molecule has 1 aliphatic heterocycles. The van der Waals surface area contributed by atoms with E-state index in [4.69, 9.17) is 4.74 Å². The van der Waals surface area contributed by atoms with Crippen molar-refractivity contribution in [1.29, 1.82) is 0 Å². The number of carboxylic acids is 1. The summed E-state index contributed by atoms with van der Waals surface area (Å²) < 4.78 is 4.95. The molecule has 2 atom stereocenters. The predicted molar refractivity (Wildman–Crippen MR) is 73.5 cm³/mol. The molecule has 0 bridgehead atoms. The average molecular weight is 284 g/mol. The first-order valence-electron chi connectivity index (χ1n) is 7.35. The Morgan fingerprint density at radius 3 is 2.90 bits per heavy atom. The smallest absolute Gasteiger partial charge is 0.317 e. The zero-order valence-electron chi connectivity index (χ0n) is 12.1. The Bertz CT molecular complexity index is 374. The van der Waals surface area contributed by atoms with Gasteiger partial charge in [-0.3, -0.25) is 4.79 Å². The van der Waals surface area contributed by atoms with Gasteiger partial charge in [-0.05, 0) is 31.6 Å². The molecule has 0 radical (unpaired) electrons. The fourth-order valence-corrected chi connectivity index (χ4v) is 3.47. The van der Waals surface area contributed by atoms with E-state index in [9.17, 15) is 14.7 Å². The van der Waals surface area contributed by atoms with Gasteiger partial charge in [0.05, 0.1) is 5.41 Å². The van der Waals surface area contributed by atoms with Crippen molar-refractivity contribution in [2.45, 2.75) is 32.1 Å². The van der Waals surface area contributed by atoms with Crippen LogP contribution in [0.4, 0.5) is 4.79 Å². The summed E-state index contributed by atoms with van der Waals surface area (Å²) in [6.07, 6.45) is 4.37. The van der Waals surface area contributed by atoms with Crippen LogP contribution in [-0.4, -0.2) is 55.4 Å². The van der Waals surface area contributed by atoms with Crippen molar-refractivity contribution < 1.29 is 19.4 Å². The summed E-state index contributed by atoms with van der Waals surface area (Å²) >= 11 is 0. The van der Waals surface area contributed by atoms with Crippen molar-refractivity contribution in [1.82, 2.24) is 10.2 Å². The van der Waals surface area contributed by atoms with Crippen molar-refractivity contribution in [3.05, 3.63) is 0 Å². The molecule has 0 unspecified atom stereocenters. The van der Waals surface area contributed by atoms with Gasteiger partial charge in [0.15, 0.2) is 0 Å². The third kappa shape index (κ3) is 2.90. The van der Waals surface area contributed by atoms with Gasteiger partial charge in [0.1, 0.15) is 0 Å². The first kappa shape index (κ1) is 15.1. The molecule has 2 N–H and O–H groups in total. The van der Waals surface area contributed by atoms with Crippen LogP contribution in [0, 0.1) is 11.3 Å². The molecule has 0 aromatic heterocycles. The maximum Gasteiger partial charge on any atom is 0.317 e. The second kappa shape index (κ2) is 6.43. The monoisotopic (exact) mass is 284 g/mol. The molecule has 1 aliphatic carbocycles. The number of nitrogens with one attached hydrogen (secondary N) is 1. The van der Waals surface area contributed by atoms with Gasteiger partial charge in [0.2, 0.25) is 0 Å². The highest BCUT2D eigenvalue weighted by molar-refractivity contribution is 5.80. The molecule has 2 rings (SSSR count). The average Bonchev–Trinajstić information content (AvgIpc) is 2.95. The topological polar surface area (TPSA) is 78.9 Å². The minimum absolute atomic E-state index is 0.124. The van der Waals surface area contributed by atoms with Crippen LogP contribution in [0.5, 0.6) is 0 Å². The van der Waals surface area contributed by atoms with Gasteiger partial charge in [0.25, 0.3) is 0 Å². The van der Waals surface area contributed by atoms with Crippen molar-refractivity contribution in [3.63, 3.8) is 0 Å². The molecule has 1 saturated carbocycles. The number of fused-ring (bicyclic) bond motifs is 1. The van der Waals surface area contributed by atoms with Gasteiger partial charge < -0.3 is 20.1 Å². The molecule has 114 valence electrons. The summed E-state index contributed by atoms with van der Waals surface area (Å²) in [5.74, 6) is -0.616. The van der Waals surface area contributed by atoms with Crippen molar-refractivity contribution in [2.24, 2.45) is 11.3 Å². The molecule has 0 aromatic carbocycles. The van der Waals surface area contributed by atoms with E-state index in [1.54, 1.807) is 12.0 Å². The minimum Gasteiger partial charge on any atom is -0.481 e. The summed E-state index contributed by atoms with van der Waals surface area (Å²) in [6, 6.07) is -0.127. The maximum atomic E-state index is 12.1. The van der Waals surface area contributed by atoms with Crippen LogP contribution < -0.4 is 5.32 Å². The summed E-state index contributed by atoms with van der Waals surface area (Å²) in [5, 5.41) is 12.3. The number of urea groups is 1. The number of rotatable bonds is 6. The molecule has 2 amide bonds. The number of ether oxygens (including phenoxy) is 1. The van der Waals surface area contributed by atoms with E-state index >= 15 is 0 Å². The maximum absolute atomic E-state index is 12.1. The number of aliphatic carboxylic acids is 1. The van der Waals surface area contributed by atoms with E-state index in [1.807, 2.05) is 0 Å². The fourth-order valence-electron chi connectivity index (χ4n) is 3.47. The third-order valence-corrected chi connectivity index (χ3v) is 4.64. The van der Waals surface area contributed by atoms with Crippen molar-refractivity contribution >= 4 is 12.0 Å². The summed E-state index contributed by atoms with van der Waals surface area (Å²) in [4.78, 5) is 25.3. The number of methoxy groups -OCH3 is 1. The normalized spacial score (nSPS) is 28.4. The van der Waals surface area contributed by atoms with Gasteiger partial charge in [-0.15, -0.1) is 0 Å². The Kier molecular flexibility index (Phi) is 4.86. The lowest BCUT2D eigenvalue weighted by molar-refractivity contribution is -0.149. The Labute approximate surface area is 119 Å². The molecular weight excluding hydrogens is 260 g/mol. The Morgan fingerprint density at radius 1 is 1.45 bits per heavy atom. The number of unbranched alkanes of at least 4 members (excludes halogenated alkanes) is 1. The minimum atomic E-state index is -0.740. The van der Waals surface area contributed by atoms with Crippen LogP contribution in [-0.2, 0) is 9.53 Å². The molecule has 0 spiro atoms. The standard InChI is InChI=1S/C14H24N2O4/c1-20-8-3-2-7-15-13(19)16-9-11-5-4-6-14(11,10-16)12(17)18/h11H,2-10H2,1H3,(H,15,19)(H,17,18)/t11-,14+/m0/s1. The third-order valence-electron chi connectivity index (χ3n) is 4.64. The van der Waals surface area contributed by atoms with Gasteiger partial charge >= 0.3 is 12.0 Å². The van der Waals surface area contributed by atoms with E-state index in [0.717, 1.165) is 25.7 Å². The second-order valence-corrected chi connectivity index (χ2v) is 5.86. The van der Waals surface area contributed by atoms with Crippen LogP contribution in [0.15, 0.2) is 0 Å². The zero-order chi connectivity index (χ0) is 14.6. The summed E-state index contributed by atoms with van der Waals surface area (Å²) in [5.41, 5.74) is -0.687. The van der Waals surface area contributed by atoms with Crippen LogP contribution in [0.3, 0.4) is 0 Å². The van der Waals surface area contributed by atoms with Gasteiger partial charge in [-0.2, -0.15) is 0 Å². The van der Waals surface area contributed by atoms with E-state index < -0.39 is 11.4 Å². The Morgan fingerprint density at radius 2 is 2.25 bits per heavy atom. The highest BCUT2D eigenvalue weighted by atomic mass is 16.5. The first-order chi connectivity index (χ1) is 9.60. The molecule has 0 aromatic rings. The number of nitrogens with zero attached hydrogens (tertiary/aromatic N) is 1. The second-order valence-electron chi connectivity index (χ2n) is 5.86. The molecule has 2 fully saturated rings. The largest absolute Gasteiger partial charge is 0.481 e. The van der Waals surface area contributed by atoms with E-state index in [1.165, 1.54) is 0 Å². The van der Waals surface area contributed by atoms with Crippen LogP contribution >= 0.6 is 0 Å². The van der Waals surface area contributed by atoms with E-state index in [-0.39, 0.29) is 11.9 Å². The van der Waals surface area contributed by atoms with Crippen LogP contribution in [0.1, 0.15) is 32.1 Å². The number of hydrogen-bond donors (Lipinski definition) is 2. The van der Waals surface area contributed by atoms with Crippen LogP contribution in [0.25, 0.3) is 0 Å². The number of carbonyl (C=O) groups excluding carboxylic acids is 1. The SMILES string of the molecule is COCCCCNC(=O)N1C[C@@H]2CCC[C@@]2(C(=O)O)C1. The van der Waals surface area contributed by atoms with Gasteiger partial charge in [-0.25, -0.2) is 4.79 Å². The Balaban J connectivity index is 1.80. The number of amides is 2. The van der Waals surface area contributed by atoms with Crippen molar-refractivity contribution in [2.75, 3.05) is 33.4 Å². The molecule has 6 heteroatoms. The number of carboxylic acid groups (broad SMARTS) is 1. The fraction of sp³-hybridized carbons (Fsp3) is 0.857. The predicted octanol–water partition coefficient (Wildman–Crippen LogP) is 1.31. The van der Waals surface area contributed by atoms with Crippen molar-refractivity contribution in [3.8, 4) is 0 Å². The molecule has 1 saturated heterocycles. The van der Waals surface area contributed by atoms with Gasteiger partial charge in [0, 0.05) is 33.4 Å². The first-order valence-corrected chi connectivity index (χ1v) is 7.35. The number of carbonyl (C=O) groups is 2. The highest BCUT2D eigenvalue weighted by Crippen LogP contribution is 2.48. The van der Waals surface area contributed by atoms with Gasteiger partial charge in [-0.1, -0.05) is 6.42 Å². The number of hydrogen-bond acceptors (Lipinski definition) is 3. The molecular formula is C14H24N2O4. The molecule has 20 heavy (non-hydrogen) atoms. The quantitative estimate of drug-likeness (QED) is 0.721. The lowest BCUT2D eigenvalue weighted by Crippen LogP contribution is -2.42. The Hall–Kier alpha value is -1.30. The molecule has 2 aliphatic rings. The molecule has 6 nitrogen and oxygen atoms in total. The zero-order valence-corrected chi connectivity index (χ0v) is 12.1. The molecule has 1 heterocycles. The summed E-state index contributed by atoms with van der Waals surface area (Å²) in [6.45, 7) is 2.25.